The smallest absolute Gasteiger partial charge is 0.272 e. The summed E-state index contributed by atoms with van der Waals surface area (Å²) in [6, 6.07) is 3.83. The number of ether oxygens (including phenoxy) is 1. The molecule has 1 aliphatic heterocycles. The Hall–Kier alpha value is -1.42. The average molecular weight is 302 g/mol. The lowest BCUT2D eigenvalue weighted by Crippen LogP contribution is -2.51. The average Bonchev–Trinajstić information content (AvgIpc) is 3.37. The summed E-state index contributed by atoms with van der Waals surface area (Å²) in [7, 11) is 0. The molecule has 2 heterocycles. The Kier molecular flexibility index (Phi) is 4.77. The van der Waals surface area contributed by atoms with Gasteiger partial charge in [0.2, 0.25) is 0 Å². The van der Waals surface area contributed by atoms with Crippen LogP contribution in [0.15, 0.2) is 18.3 Å². The largest absolute Gasteiger partial charge is 0.371 e. The number of nitrogens with zero attached hydrogens (tertiary/aromatic N) is 2. The summed E-state index contributed by atoms with van der Waals surface area (Å²) in [4.78, 5) is 19.1. The minimum Gasteiger partial charge on any atom is -0.371 e. The van der Waals surface area contributed by atoms with E-state index in [0.29, 0.717) is 18.2 Å². The van der Waals surface area contributed by atoms with E-state index < -0.39 is 0 Å². The zero-order chi connectivity index (χ0) is 15.5. The van der Waals surface area contributed by atoms with Gasteiger partial charge in [-0.1, -0.05) is 25.8 Å². The Morgan fingerprint density at radius 1 is 1.41 bits per heavy atom. The number of carbonyl (C=O) groups excluding carboxylic acids is 1. The predicted octanol–water partition coefficient (Wildman–Crippen LogP) is 3.20. The molecular weight excluding hydrogens is 276 g/mol. The number of amides is 1. The van der Waals surface area contributed by atoms with Gasteiger partial charge >= 0.3 is 0 Å². The molecule has 1 saturated heterocycles. The van der Waals surface area contributed by atoms with Crippen molar-refractivity contribution in [3.63, 3.8) is 0 Å². The highest BCUT2D eigenvalue weighted by molar-refractivity contribution is 5.93. The van der Waals surface area contributed by atoms with Gasteiger partial charge in [0.15, 0.2) is 0 Å². The first kappa shape index (κ1) is 15.5. The van der Waals surface area contributed by atoms with Gasteiger partial charge < -0.3 is 9.64 Å². The van der Waals surface area contributed by atoms with E-state index in [9.17, 15) is 4.79 Å². The van der Waals surface area contributed by atoms with E-state index in [2.05, 4.69) is 11.9 Å². The standard InChI is InChI=1S/C18H26N2O2/c1-3-4-7-15-11-20(12-16(22-15)14-8-9-14)18(21)17-13(2)6-5-10-19-17/h5-6,10,14-16H,3-4,7-9,11-12H2,1-2H3/t15-,16-/m1/s1. The fourth-order valence-corrected chi connectivity index (χ4v) is 3.22. The van der Waals surface area contributed by atoms with Crippen molar-refractivity contribution in [2.45, 2.75) is 58.2 Å². The molecule has 120 valence electrons. The maximum atomic E-state index is 12.8. The van der Waals surface area contributed by atoms with E-state index in [1.807, 2.05) is 24.0 Å². The minimum atomic E-state index is 0.0635. The summed E-state index contributed by atoms with van der Waals surface area (Å²) in [6.07, 6.45) is 7.98. The van der Waals surface area contributed by atoms with Crippen LogP contribution >= 0.6 is 0 Å². The molecule has 1 aromatic heterocycles. The van der Waals surface area contributed by atoms with Crippen LogP contribution in [0.5, 0.6) is 0 Å². The quantitative estimate of drug-likeness (QED) is 0.839. The van der Waals surface area contributed by atoms with Gasteiger partial charge in [-0.05, 0) is 43.7 Å². The molecule has 2 fully saturated rings. The van der Waals surface area contributed by atoms with E-state index in [1.165, 1.54) is 19.3 Å². The monoisotopic (exact) mass is 302 g/mol. The number of aromatic nitrogens is 1. The molecule has 1 aromatic rings. The van der Waals surface area contributed by atoms with E-state index in [1.54, 1.807) is 6.20 Å². The Morgan fingerprint density at radius 2 is 2.23 bits per heavy atom. The summed E-state index contributed by atoms with van der Waals surface area (Å²) < 4.78 is 6.24. The number of morpholine rings is 1. The lowest BCUT2D eigenvalue weighted by atomic mass is 10.1. The Bertz CT molecular complexity index is 528. The highest BCUT2D eigenvalue weighted by Crippen LogP contribution is 2.37. The van der Waals surface area contributed by atoms with Crippen LogP contribution in [-0.4, -0.2) is 41.1 Å². The second-order valence-electron chi connectivity index (χ2n) is 6.66. The van der Waals surface area contributed by atoms with Crippen LogP contribution in [0.2, 0.25) is 0 Å². The van der Waals surface area contributed by atoms with Crippen LogP contribution < -0.4 is 0 Å². The van der Waals surface area contributed by atoms with Gasteiger partial charge in [-0.15, -0.1) is 0 Å². The zero-order valence-corrected chi connectivity index (χ0v) is 13.6. The van der Waals surface area contributed by atoms with E-state index >= 15 is 0 Å². The molecule has 0 spiro atoms. The molecule has 1 saturated carbocycles. The number of aryl methyl sites for hydroxylation is 1. The third-order valence-electron chi connectivity index (χ3n) is 4.72. The highest BCUT2D eigenvalue weighted by Gasteiger charge is 2.39. The van der Waals surface area contributed by atoms with Gasteiger partial charge in [0, 0.05) is 19.3 Å². The number of hydrogen-bond acceptors (Lipinski definition) is 3. The van der Waals surface area contributed by atoms with Gasteiger partial charge in [0.25, 0.3) is 5.91 Å². The summed E-state index contributed by atoms with van der Waals surface area (Å²) in [6.45, 7) is 5.58. The van der Waals surface area contributed by atoms with Crippen LogP contribution in [0.3, 0.4) is 0 Å². The lowest BCUT2D eigenvalue weighted by molar-refractivity contribution is -0.0875. The fourth-order valence-electron chi connectivity index (χ4n) is 3.22. The van der Waals surface area contributed by atoms with Crippen molar-refractivity contribution in [1.29, 1.82) is 0 Å². The first-order chi connectivity index (χ1) is 10.7. The number of carbonyl (C=O) groups is 1. The Balaban J connectivity index is 1.73. The van der Waals surface area contributed by atoms with Crippen LogP contribution in [0, 0.1) is 12.8 Å². The van der Waals surface area contributed by atoms with Gasteiger partial charge in [0.1, 0.15) is 5.69 Å². The maximum Gasteiger partial charge on any atom is 0.272 e. The minimum absolute atomic E-state index is 0.0635. The zero-order valence-electron chi connectivity index (χ0n) is 13.6. The molecule has 4 heteroatoms. The van der Waals surface area contributed by atoms with Crippen LogP contribution in [0.25, 0.3) is 0 Å². The van der Waals surface area contributed by atoms with Crippen molar-refractivity contribution < 1.29 is 9.53 Å². The van der Waals surface area contributed by atoms with Gasteiger partial charge in [0.05, 0.1) is 12.2 Å². The van der Waals surface area contributed by atoms with Crippen molar-refractivity contribution in [1.82, 2.24) is 9.88 Å². The number of rotatable bonds is 5. The topological polar surface area (TPSA) is 42.4 Å². The Labute approximate surface area is 132 Å². The summed E-state index contributed by atoms with van der Waals surface area (Å²) >= 11 is 0. The molecule has 3 rings (SSSR count). The SMILES string of the molecule is CCCC[C@@H]1CN(C(=O)c2ncccc2C)C[C@H](C2CC2)O1. The number of hydrogen-bond donors (Lipinski definition) is 0. The maximum absolute atomic E-state index is 12.8. The van der Waals surface area contributed by atoms with Crippen LogP contribution in [0.4, 0.5) is 0 Å². The molecule has 0 aromatic carbocycles. The molecule has 1 amide bonds. The molecule has 2 aliphatic rings. The molecule has 0 radical (unpaired) electrons. The molecule has 1 aliphatic carbocycles. The van der Waals surface area contributed by atoms with E-state index in [4.69, 9.17) is 4.74 Å². The third-order valence-corrected chi connectivity index (χ3v) is 4.72. The number of pyridine rings is 1. The predicted molar refractivity (Wildman–Crippen MR) is 85.8 cm³/mol. The second kappa shape index (κ2) is 6.78. The van der Waals surface area contributed by atoms with Gasteiger partial charge in [-0.25, -0.2) is 0 Å². The molecule has 2 atom stereocenters. The first-order valence-corrected chi connectivity index (χ1v) is 8.55. The molecule has 0 bridgehead atoms. The second-order valence-corrected chi connectivity index (χ2v) is 6.66. The Morgan fingerprint density at radius 3 is 2.91 bits per heavy atom. The van der Waals surface area contributed by atoms with Crippen molar-refractivity contribution in [2.75, 3.05) is 13.1 Å². The normalized spacial score (nSPS) is 25.3. The molecule has 0 unspecified atom stereocenters. The van der Waals surface area contributed by atoms with Gasteiger partial charge in [-0.2, -0.15) is 0 Å². The van der Waals surface area contributed by atoms with Crippen molar-refractivity contribution in [3.8, 4) is 0 Å². The molecule has 0 N–H and O–H groups in total. The van der Waals surface area contributed by atoms with Crippen LogP contribution in [0.1, 0.15) is 55.1 Å². The highest BCUT2D eigenvalue weighted by atomic mass is 16.5. The van der Waals surface area contributed by atoms with Crippen LogP contribution in [-0.2, 0) is 4.74 Å². The lowest BCUT2D eigenvalue weighted by Gasteiger charge is -2.38. The molecule has 22 heavy (non-hydrogen) atoms. The fraction of sp³-hybridized carbons (Fsp3) is 0.667. The molecule has 4 nitrogen and oxygen atoms in total. The van der Waals surface area contributed by atoms with Crippen molar-refractivity contribution in [2.24, 2.45) is 5.92 Å². The third kappa shape index (κ3) is 3.49. The van der Waals surface area contributed by atoms with Crippen molar-refractivity contribution in [3.05, 3.63) is 29.6 Å². The first-order valence-electron chi connectivity index (χ1n) is 8.55. The summed E-state index contributed by atoms with van der Waals surface area (Å²) in [5.41, 5.74) is 1.54. The summed E-state index contributed by atoms with van der Waals surface area (Å²) in [5, 5.41) is 0. The van der Waals surface area contributed by atoms with E-state index in [0.717, 1.165) is 24.9 Å². The summed E-state index contributed by atoms with van der Waals surface area (Å²) in [5.74, 6) is 0.720. The van der Waals surface area contributed by atoms with Crippen molar-refractivity contribution >= 4 is 5.91 Å². The van der Waals surface area contributed by atoms with Gasteiger partial charge in [-0.3, -0.25) is 9.78 Å². The van der Waals surface area contributed by atoms with E-state index in [-0.39, 0.29) is 18.1 Å². The number of unbranched alkanes of at least 4 members (excludes halogenated alkanes) is 1. The molecular formula is C18H26N2O2.